The van der Waals surface area contributed by atoms with Crippen LogP contribution in [0.1, 0.15) is 31.4 Å². The van der Waals surface area contributed by atoms with Crippen LogP contribution in [0.25, 0.3) is 0 Å². The molecule has 0 saturated heterocycles. The number of ether oxygens (including phenoxy) is 1. The minimum atomic E-state index is -3.56. The maximum atomic E-state index is 12.1. The van der Waals surface area contributed by atoms with E-state index >= 15 is 0 Å². The van der Waals surface area contributed by atoms with Crippen LogP contribution in [0.3, 0.4) is 0 Å². The molecule has 0 bridgehead atoms. The Morgan fingerprint density at radius 2 is 1.86 bits per heavy atom. The second kappa shape index (κ2) is 9.09. The quantitative estimate of drug-likeness (QED) is 0.692. The molecule has 0 spiro atoms. The molecule has 154 valence electrons. The van der Waals surface area contributed by atoms with Gasteiger partial charge >= 0.3 is 0 Å². The van der Waals surface area contributed by atoms with Crippen molar-refractivity contribution >= 4 is 21.8 Å². The molecule has 29 heavy (non-hydrogen) atoms. The first-order valence-electron chi connectivity index (χ1n) is 9.50. The maximum absolute atomic E-state index is 12.1. The van der Waals surface area contributed by atoms with Gasteiger partial charge in [0.05, 0.1) is 18.0 Å². The largest absolute Gasteiger partial charge is 0.493 e. The molecular weight excluding hydrogens is 390 g/mol. The predicted molar refractivity (Wildman–Crippen MR) is 111 cm³/mol. The summed E-state index contributed by atoms with van der Waals surface area (Å²) in [5.74, 6) is 1.41. The molecule has 0 unspecified atom stereocenters. The van der Waals surface area contributed by atoms with Crippen molar-refractivity contribution in [2.24, 2.45) is 10.9 Å². The SMILES string of the molecule is CC(C)COc1ccc(CNC(=O)CCN=C2NS(=O)(=O)c3ccccc32)cc1. The Morgan fingerprint density at radius 3 is 2.59 bits per heavy atom. The van der Waals surface area contributed by atoms with E-state index in [0.717, 1.165) is 11.3 Å². The molecule has 2 aromatic carbocycles. The number of nitrogens with one attached hydrogen (secondary N) is 2. The van der Waals surface area contributed by atoms with Crippen LogP contribution < -0.4 is 14.8 Å². The summed E-state index contributed by atoms with van der Waals surface area (Å²) in [6, 6.07) is 14.3. The molecule has 0 atom stereocenters. The molecule has 1 amide bonds. The van der Waals surface area contributed by atoms with Gasteiger partial charge in [0.2, 0.25) is 5.91 Å². The molecule has 0 radical (unpaired) electrons. The van der Waals surface area contributed by atoms with E-state index in [-0.39, 0.29) is 29.6 Å². The smallest absolute Gasteiger partial charge is 0.263 e. The number of carbonyl (C=O) groups excluding carboxylic acids is 1. The highest BCUT2D eigenvalue weighted by atomic mass is 32.2. The van der Waals surface area contributed by atoms with Crippen molar-refractivity contribution < 1.29 is 17.9 Å². The number of amidine groups is 1. The Kier molecular flexibility index (Phi) is 6.53. The fraction of sp³-hybridized carbons (Fsp3) is 0.333. The van der Waals surface area contributed by atoms with E-state index in [1.807, 2.05) is 24.3 Å². The van der Waals surface area contributed by atoms with Crippen LogP contribution in [0.2, 0.25) is 0 Å². The van der Waals surface area contributed by atoms with Gasteiger partial charge in [0.25, 0.3) is 10.0 Å². The third-order valence-electron chi connectivity index (χ3n) is 4.27. The number of nitrogens with zero attached hydrogens (tertiary/aromatic N) is 1. The first-order valence-corrected chi connectivity index (χ1v) is 11.0. The topological polar surface area (TPSA) is 96.9 Å². The number of amides is 1. The van der Waals surface area contributed by atoms with Crippen LogP contribution in [-0.2, 0) is 21.4 Å². The fourth-order valence-electron chi connectivity index (χ4n) is 2.78. The van der Waals surface area contributed by atoms with Gasteiger partial charge < -0.3 is 10.1 Å². The normalized spacial score (nSPS) is 15.8. The lowest BCUT2D eigenvalue weighted by atomic mass is 10.2. The zero-order valence-corrected chi connectivity index (χ0v) is 17.3. The average Bonchev–Trinajstić information content (AvgIpc) is 2.96. The minimum Gasteiger partial charge on any atom is -0.493 e. The van der Waals surface area contributed by atoms with Gasteiger partial charge in [-0.05, 0) is 35.7 Å². The van der Waals surface area contributed by atoms with E-state index < -0.39 is 10.0 Å². The number of sulfonamides is 1. The van der Waals surface area contributed by atoms with Crippen LogP contribution >= 0.6 is 0 Å². The molecule has 8 heteroatoms. The highest BCUT2D eigenvalue weighted by Crippen LogP contribution is 2.22. The summed E-state index contributed by atoms with van der Waals surface area (Å²) >= 11 is 0. The molecule has 2 N–H and O–H groups in total. The summed E-state index contributed by atoms with van der Waals surface area (Å²) in [6.07, 6.45) is 0.170. The van der Waals surface area contributed by atoms with Gasteiger partial charge in [0, 0.05) is 18.5 Å². The molecule has 3 rings (SSSR count). The van der Waals surface area contributed by atoms with E-state index in [1.54, 1.807) is 18.2 Å². The van der Waals surface area contributed by atoms with Gasteiger partial charge in [-0.1, -0.05) is 38.1 Å². The van der Waals surface area contributed by atoms with Crippen LogP contribution in [-0.4, -0.2) is 33.3 Å². The Hall–Kier alpha value is -2.87. The summed E-state index contributed by atoms with van der Waals surface area (Å²) in [6.45, 7) is 5.46. The molecule has 1 heterocycles. The van der Waals surface area contributed by atoms with Gasteiger partial charge in [-0.25, -0.2) is 8.42 Å². The van der Waals surface area contributed by atoms with E-state index in [0.29, 0.717) is 24.6 Å². The summed E-state index contributed by atoms with van der Waals surface area (Å²) in [4.78, 5) is 16.5. The van der Waals surface area contributed by atoms with Gasteiger partial charge in [-0.3, -0.25) is 14.5 Å². The van der Waals surface area contributed by atoms with Gasteiger partial charge in [-0.15, -0.1) is 0 Å². The van der Waals surface area contributed by atoms with Crippen LogP contribution in [0.5, 0.6) is 5.75 Å². The molecule has 0 fully saturated rings. The van der Waals surface area contributed by atoms with Gasteiger partial charge in [0.1, 0.15) is 11.6 Å². The molecular formula is C21H25N3O4S. The van der Waals surface area contributed by atoms with Gasteiger partial charge in [0.15, 0.2) is 0 Å². The molecule has 2 aromatic rings. The monoisotopic (exact) mass is 415 g/mol. The van der Waals surface area contributed by atoms with Crippen LogP contribution in [0.15, 0.2) is 58.4 Å². The number of aliphatic imine (C=N–C) groups is 1. The third kappa shape index (κ3) is 5.57. The summed E-state index contributed by atoms with van der Waals surface area (Å²) in [5, 5.41) is 2.84. The highest BCUT2D eigenvalue weighted by molar-refractivity contribution is 7.90. The van der Waals surface area contributed by atoms with Crippen molar-refractivity contribution in [3.8, 4) is 5.75 Å². The zero-order chi connectivity index (χ0) is 20.9. The van der Waals surface area contributed by atoms with E-state index in [4.69, 9.17) is 4.74 Å². The Bertz CT molecular complexity index is 999. The summed E-state index contributed by atoms with van der Waals surface area (Å²) in [5.41, 5.74) is 1.51. The number of fused-ring (bicyclic) bond motifs is 1. The number of benzene rings is 2. The fourth-order valence-corrected chi connectivity index (χ4v) is 4.03. The molecule has 0 aliphatic carbocycles. The molecule has 0 aromatic heterocycles. The summed E-state index contributed by atoms with van der Waals surface area (Å²) in [7, 11) is -3.56. The van der Waals surface area contributed by atoms with Crippen molar-refractivity contribution in [3.05, 3.63) is 59.7 Å². The van der Waals surface area contributed by atoms with E-state index in [2.05, 4.69) is 28.9 Å². The van der Waals surface area contributed by atoms with E-state index in [9.17, 15) is 13.2 Å². The number of hydrogen-bond donors (Lipinski definition) is 2. The lowest BCUT2D eigenvalue weighted by Gasteiger charge is -2.09. The predicted octanol–water partition coefficient (Wildman–Crippen LogP) is 2.47. The number of carbonyl (C=O) groups is 1. The van der Waals surface area contributed by atoms with Crippen molar-refractivity contribution in [3.63, 3.8) is 0 Å². The molecule has 1 aliphatic rings. The highest BCUT2D eigenvalue weighted by Gasteiger charge is 2.29. The first kappa shape index (κ1) is 20.9. The Balaban J connectivity index is 1.47. The molecule has 7 nitrogen and oxygen atoms in total. The van der Waals surface area contributed by atoms with Gasteiger partial charge in [-0.2, -0.15) is 0 Å². The lowest BCUT2D eigenvalue weighted by Crippen LogP contribution is -2.25. The van der Waals surface area contributed by atoms with Crippen LogP contribution in [0.4, 0.5) is 0 Å². The molecule has 1 aliphatic heterocycles. The number of rotatable bonds is 8. The lowest BCUT2D eigenvalue weighted by molar-refractivity contribution is -0.121. The standard InChI is InChI=1S/C21H25N3O4S/c1-15(2)14-28-17-9-7-16(8-10-17)13-23-20(25)11-12-22-21-18-5-3-4-6-19(18)29(26,27)24-21/h3-10,15H,11-14H2,1-2H3,(H,22,24)(H,23,25). The zero-order valence-electron chi connectivity index (χ0n) is 16.5. The minimum absolute atomic E-state index is 0.149. The Morgan fingerprint density at radius 1 is 1.14 bits per heavy atom. The third-order valence-corrected chi connectivity index (χ3v) is 5.66. The second-order valence-corrected chi connectivity index (χ2v) is 8.86. The number of hydrogen-bond acceptors (Lipinski definition) is 5. The van der Waals surface area contributed by atoms with E-state index in [1.165, 1.54) is 6.07 Å². The van der Waals surface area contributed by atoms with Crippen LogP contribution in [0, 0.1) is 5.92 Å². The summed E-state index contributed by atoms with van der Waals surface area (Å²) < 4.78 is 32.1. The Labute approximate surface area is 171 Å². The first-order chi connectivity index (χ1) is 13.8. The van der Waals surface area contributed by atoms with Crippen molar-refractivity contribution in [1.82, 2.24) is 10.0 Å². The second-order valence-electron chi connectivity index (χ2n) is 7.21. The van der Waals surface area contributed by atoms with Crippen molar-refractivity contribution in [1.29, 1.82) is 0 Å². The van der Waals surface area contributed by atoms with Crippen molar-refractivity contribution in [2.75, 3.05) is 13.2 Å². The van der Waals surface area contributed by atoms with Crippen molar-refractivity contribution in [2.45, 2.75) is 31.7 Å². The maximum Gasteiger partial charge on any atom is 0.263 e. The average molecular weight is 416 g/mol. The molecule has 0 saturated carbocycles.